The lowest BCUT2D eigenvalue weighted by molar-refractivity contribution is -0.119. The number of amides is 2. The topological polar surface area (TPSA) is 88.0 Å². The zero-order chi connectivity index (χ0) is 17.1. The van der Waals surface area contributed by atoms with Crippen LogP contribution in [0.5, 0.6) is 0 Å². The first-order chi connectivity index (χ1) is 11.5. The minimum atomic E-state index is -0.755. The first kappa shape index (κ1) is 15.8. The summed E-state index contributed by atoms with van der Waals surface area (Å²) in [6.45, 7) is 1.97. The van der Waals surface area contributed by atoms with Crippen LogP contribution in [-0.4, -0.2) is 22.8 Å². The van der Waals surface area contributed by atoms with Gasteiger partial charge in [0.25, 0.3) is 5.91 Å². The summed E-state index contributed by atoms with van der Waals surface area (Å²) in [4.78, 5) is 27.4. The lowest BCUT2D eigenvalue weighted by Crippen LogP contribution is -2.45. The van der Waals surface area contributed by atoms with E-state index in [-0.39, 0.29) is 5.91 Å². The van der Waals surface area contributed by atoms with E-state index in [9.17, 15) is 9.59 Å². The first-order valence-corrected chi connectivity index (χ1v) is 7.76. The third-order valence-corrected chi connectivity index (χ3v) is 4.01. The highest BCUT2D eigenvalue weighted by atomic mass is 16.2. The molecule has 0 saturated carbocycles. The number of primary amides is 1. The minimum absolute atomic E-state index is 0.313. The number of benzene rings is 2. The Morgan fingerprint density at radius 3 is 2.62 bits per heavy atom. The Hall–Kier alpha value is -3.08. The van der Waals surface area contributed by atoms with E-state index in [1.807, 2.05) is 55.5 Å². The third-order valence-electron chi connectivity index (χ3n) is 4.01. The number of aromatic nitrogens is 1. The zero-order valence-corrected chi connectivity index (χ0v) is 13.4. The maximum atomic E-state index is 12.6. The van der Waals surface area contributed by atoms with Crippen molar-refractivity contribution in [2.24, 2.45) is 5.73 Å². The summed E-state index contributed by atoms with van der Waals surface area (Å²) in [7, 11) is 0. The van der Waals surface area contributed by atoms with Crippen LogP contribution in [0.25, 0.3) is 10.9 Å². The van der Waals surface area contributed by atoms with Crippen molar-refractivity contribution in [1.82, 2.24) is 10.3 Å². The molecule has 0 radical (unpaired) electrons. The molecule has 0 fully saturated rings. The molecule has 1 aromatic heterocycles. The number of hydrogen-bond acceptors (Lipinski definition) is 2. The van der Waals surface area contributed by atoms with E-state index in [4.69, 9.17) is 5.73 Å². The van der Waals surface area contributed by atoms with Gasteiger partial charge in [0.2, 0.25) is 5.91 Å². The van der Waals surface area contributed by atoms with Crippen molar-refractivity contribution < 1.29 is 9.59 Å². The smallest absolute Gasteiger partial charge is 0.254 e. The van der Waals surface area contributed by atoms with Gasteiger partial charge in [-0.1, -0.05) is 42.0 Å². The number of hydrogen-bond donors (Lipinski definition) is 3. The number of H-pyrrole nitrogens is 1. The lowest BCUT2D eigenvalue weighted by atomic mass is 10.0. The molecule has 0 aliphatic carbocycles. The molecule has 5 heteroatoms. The maximum Gasteiger partial charge on any atom is 0.254 e. The molecule has 3 rings (SSSR count). The number of aryl methyl sites for hydroxylation is 1. The third kappa shape index (κ3) is 3.30. The summed E-state index contributed by atoms with van der Waals surface area (Å²) in [6.07, 6.45) is 2.02. The van der Waals surface area contributed by atoms with E-state index < -0.39 is 11.9 Å². The molecule has 2 aromatic carbocycles. The van der Waals surface area contributed by atoms with E-state index in [0.717, 1.165) is 22.0 Å². The first-order valence-electron chi connectivity index (χ1n) is 7.76. The average Bonchev–Trinajstić information content (AvgIpc) is 2.98. The molecule has 1 atom stereocenters. The molecular formula is C19H19N3O2. The fourth-order valence-electron chi connectivity index (χ4n) is 2.73. The van der Waals surface area contributed by atoms with Gasteiger partial charge in [-0.3, -0.25) is 9.59 Å². The van der Waals surface area contributed by atoms with Crippen LogP contribution in [0.3, 0.4) is 0 Å². The lowest BCUT2D eigenvalue weighted by Gasteiger charge is -2.15. The highest BCUT2D eigenvalue weighted by molar-refractivity contribution is 6.08. The molecule has 1 heterocycles. The van der Waals surface area contributed by atoms with Gasteiger partial charge in [0, 0.05) is 23.5 Å². The zero-order valence-electron chi connectivity index (χ0n) is 13.4. The molecule has 0 unspecified atom stereocenters. The largest absolute Gasteiger partial charge is 0.368 e. The van der Waals surface area contributed by atoms with Crippen molar-refractivity contribution in [3.63, 3.8) is 0 Å². The number of nitrogens with one attached hydrogen (secondary N) is 2. The Balaban J connectivity index is 1.82. The summed E-state index contributed by atoms with van der Waals surface area (Å²) in [5, 5.41) is 3.57. The van der Waals surface area contributed by atoms with Gasteiger partial charge in [0.15, 0.2) is 0 Å². The van der Waals surface area contributed by atoms with Gasteiger partial charge in [-0.25, -0.2) is 0 Å². The second kappa shape index (κ2) is 6.58. The van der Waals surface area contributed by atoms with Gasteiger partial charge < -0.3 is 16.0 Å². The number of rotatable bonds is 5. The van der Waals surface area contributed by atoms with Gasteiger partial charge in [0.05, 0.1) is 5.56 Å². The van der Waals surface area contributed by atoms with Crippen molar-refractivity contribution in [3.8, 4) is 0 Å². The average molecular weight is 321 g/mol. The van der Waals surface area contributed by atoms with Crippen LogP contribution in [0.1, 0.15) is 21.5 Å². The molecule has 0 saturated heterocycles. The standard InChI is InChI=1S/C19H19N3O2/c1-12-7-8-16-14(9-12)15(11-21-16)19(24)22-17(18(20)23)10-13-5-3-2-4-6-13/h2-9,11,17,21H,10H2,1H3,(H2,20,23)(H,22,24)/t17-/m1/s1. The Labute approximate surface area is 139 Å². The van der Waals surface area contributed by atoms with Gasteiger partial charge >= 0.3 is 0 Å². The SMILES string of the molecule is Cc1ccc2[nH]cc(C(=O)N[C@H](Cc3ccccc3)C(N)=O)c2c1. The summed E-state index contributed by atoms with van der Waals surface area (Å²) >= 11 is 0. The highest BCUT2D eigenvalue weighted by Gasteiger charge is 2.21. The number of fused-ring (bicyclic) bond motifs is 1. The molecule has 3 aromatic rings. The fourth-order valence-corrected chi connectivity index (χ4v) is 2.73. The van der Waals surface area contributed by atoms with Crippen molar-refractivity contribution in [2.45, 2.75) is 19.4 Å². The van der Waals surface area contributed by atoms with Crippen LogP contribution in [0.2, 0.25) is 0 Å². The summed E-state index contributed by atoms with van der Waals surface area (Å²) < 4.78 is 0. The number of nitrogens with two attached hydrogens (primary N) is 1. The molecule has 24 heavy (non-hydrogen) atoms. The molecule has 2 amide bonds. The Bertz CT molecular complexity index is 884. The van der Waals surface area contributed by atoms with Gasteiger partial charge in [-0.2, -0.15) is 0 Å². The second-order valence-corrected chi connectivity index (χ2v) is 5.87. The molecule has 0 aliphatic heterocycles. The van der Waals surface area contributed by atoms with Crippen LogP contribution in [0, 0.1) is 6.92 Å². The number of aromatic amines is 1. The monoisotopic (exact) mass is 321 g/mol. The molecule has 0 bridgehead atoms. The van der Waals surface area contributed by atoms with E-state index in [1.54, 1.807) is 6.20 Å². The van der Waals surface area contributed by atoms with Crippen LogP contribution in [0.4, 0.5) is 0 Å². The van der Waals surface area contributed by atoms with E-state index >= 15 is 0 Å². The molecule has 4 N–H and O–H groups in total. The van der Waals surface area contributed by atoms with E-state index in [1.165, 1.54) is 0 Å². The van der Waals surface area contributed by atoms with Crippen molar-refractivity contribution in [1.29, 1.82) is 0 Å². The van der Waals surface area contributed by atoms with Crippen LogP contribution in [-0.2, 0) is 11.2 Å². The molecule has 0 spiro atoms. The Morgan fingerprint density at radius 1 is 1.17 bits per heavy atom. The van der Waals surface area contributed by atoms with Crippen molar-refractivity contribution in [2.75, 3.05) is 0 Å². The van der Waals surface area contributed by atoms with Gasteiger partial charge in [0.1, 0.15) is 6.04 Å². The predicted octanol–water partition coefficient (Wildman–Crippen LogP) is 2.30. The van der Waals surface area contributed by atoms with Gasteiger partial charge in [-0.15, -0.1) is 0 Å². The molecule has 5 nitrogen and oxygen atoms in total. The molecule has 122 valence electrons. The Morgan fingerprint density at radius 2 is 1.92 bits per heavy atom. The van der Waals surface area contributed by atoms with Crippen molar-refractivity contribution in [3.05, 3.63) is 71.4 Å². The molecule has 0 aliphatic rings. The minimum Gasteiger partial charge on any atom is -0.368 e. The quantitative estimate of drug-likeness (QED) is 0.673. The van der Waals surface area contributed by atoms with Crippen LogP contribution in [0.15, 0.2) is 54.7 Å². The van der Waals surface area contributed by atoms with Crippen molar-refractivity contribution >= 4 is 22.7 Å². The van der Waals surface area contributed by atoms with E-state index in [2.05, 4.69) is 10.3 Å². The maximum absolute atomic E-state index is 12.6. The fraction of sp³-hybridized carbons (Fsp3) is 0.158. The van der Waals surface area contributed by atoms with E-state index in [0.29, 0.717) is 12.0 Å². The van der Waals surface area contributed by atoms with Crippen LogP contribution >= 0.6 is 0 Å². The normalized spacial score (nSPS) is 12.0. The summed E-state index contributed by atoms with van der Waals surface area (Å²) in [5.41, 5.74) is 8.85. The van der Waals surface area contributed by atoms with Gasteiger partial charge in [-0.05, 0) is 24.6 Å². The predicted molar refractivity (Wildman–Crippen MR) is 93.6 cm³/mol. The molecular weight excluding hydrogens is 302 g/mol. The summed E-state index contributed by atoms with van der Waals surface area (Å²) in [5.74, 6) is -0.866. The highest BCUT2D eigenvalue weighted by Crippen LogP contribution is 2.19. The van der Waals surface area contributed by atoms with Crippen LogP contribution < -0.4 is 11.1 Å². The number of carbonyl (C=O) groups excluding carboxylic acids is 2. The Kier molecular flexibility index (Phi) is 4.33. The number of carbonyl (C=O) groups is 2. The second-order valence-electron chi connectivity index (χ2n) is 5.87. The summed E-state index contributed by atoms with van der Waals surface area (Å²) in [6, 6.07) is 14.6.